The predicted octanol–water partition coefficient (Wildman–Crippen LogP) is 2.46. The van der Waals surface area contributed by atoms with E-state index < -0.39 is 5.63 Å². The Morgan fingerprint density at radius 3 is 2.85 bits per heavy atom. The number of aromatic nitrogens is 1. The van der Waals surface area contributed by atoms with Crippen molar-refractivity contribution in [2.45, 2.75) is 6.92 Å². The normalized spacial score (nSPS) is 14.5. The SMILES string of the molecule is Cc1nc(-c2cc3ccc(OCC(=O)N4CCOCC4)cc3oc2=O)cs1. The van der Waals surface area contributed by atoms with E-state index in [4.69, 9.17) is 13.9 Å². The molecule has 8 heteroatoms. The molecule has 0 N–H and O–H groups in total. The zero-order valence-corrected chi connectivity index (χ0v) is 15.6. The first-order chi connectivity index (χ1) is 13.1. The second kappa shape index (κ2) is 7.50. The third-order valence-electron chi connectivity index (χ3n) is 4.33. The zero-order valence-electron chi connectivity index (χ0n) is 14.8. The van der Waals surface area contributed by atoms with Crippen LogP contribution in [0, 0.1) is 6.92 Å². The summed E-state index contributed by atoms with van der Waals surface area (Å²) in [5.74, 6) is 0.388. The number of morpholine rings is 1. The van der Waals surface area contributed by atoms with E-state index in [0.717, 1.165) is 10.4 Å². The average molecular weight is 386 g/mol. The highest BCUT2D eigenvalue weighted by atomic mass is 32.1. The van der Waals surface area contributed by atoms with Gasteiger partial charge in [0.2, 0.25) is 0 Å². The molecule has 4 rings (SSSR count). The van der Waals surface area contributed by atoms with Gasteiger partial charge in [-0.1, -0.05) is 0 Å². The summed E-state index contributed by atoms with van der Waals surface area (Å²) >= 11 is 1.48. The molecule has 1 aliphatic rings. The maximum atomic E-state index is 12.3. The number of benzene rings is 1. The quantitative estimate of drug-likeness (QED) is 0.641. The summed E-state index contributed by atoms with van der Waals surface area (Å²) in [6.45, 7) is 4.08. The fourth-order valence-corrected chi connectivity index (χ4v) is 3.51. The second-order valence-electron chi connectivity index (χ2n) is 6.18. The van der Waals surface area contributed by atoms with Crippen molar-refractivity contribution >= 4 is 28.2 Å². The lowest BCUT2D eigenvalue weighted by molar-refractivity contribution is -0.137. The van der Waals surface area contributed by atoms with Crippen molar-refractivity contribution in [3.8, 4) is 17.0 Å². The van der Waals surface area contributed by atoms with Crippen LogP contribution in [0.15, 0.2) is 38.9 Å². The van der Waals surface area contributed by atoms with Crippen molar-refractivity contribution in [1.29, 1.82) is 0 Å². The number of hydrogen-bond acceptors (Lipinski definition) is 7. The zero-order chi connectivity index (χ0) is 18.8. The van der Waals surface area contributed by atoms with Crippen LogP contribution in [-0.4, -0.2) is 48.7 Å². The van der Waals surface area contributed by atoms with Gasteiger partial charge in [0.15, 0.2) is 6.61 Å². The molecule has 0 radical (unpaired) electrons. The summed E-state index contributed by atoms with van der Waals surface area (Å²) in [4.78, 5) is 30.5. The van der Waals surface area contributed by atoms with Crippen LogP contribution in [0.3, 0.4) is 0 Å². The third-order valence-corrected chi connectivity index (χ3v) is 5.10. The number of nitrogens with zero attached hydrogens (tertiary/aromatic N) is 2. The molecule has 140 valence electrons. The van der Waals surface area contributed by atoms with Crippen LogP contribution < -0.4 is 10.4 Å². The molecule has 1 saturated heterocycles. The number of aryl methyl sites for hydroxylation is 1. The molecule has 3 heterocycles. The number of carbonyl (C=O) groups excluding carboxylic acids is 1. The van der Waals surface area contributed by atoms with E-state index in [1.54, 1.807) is 29.2 Å². The summed E-state index contributed by atoms with van der Waals surface area (Å²) in [6.07, 6.45) is 0. The summed E-state index contributed by atoms with van der Waals surface area (Å²) in [5, 5.41) is 3.49. The minimum Gasteiger partial charge on any atom is -0.484 e. The lowest BCUT2D eigenvalue weighted by Crippen LogP contribution is -2.42. The largest absolute Gasteiger partial charge is 0.484 e. The Morgan fingerprint density at radius 1 is 1.30 bits per heavy atom. The summed E-state index contributed by atoms with van der Waals surface area (Å²) in [6, 6.07) is 6.94. The van der Waals surface area contributed by atoms with Crippen LogP contribution >= 0.6 is 11.3 Å². The van der Waals surface area contributed by atoms with E-state index in [1.807, 2.05) is 12.3 Å². The lowest BCUT2D eigenvalue weighted by atomic mass is 10.1. The number of hydrogen-bond donors (Lipinski definition) is 0. The predicted molar refractivity (Wildman–Crippen MR) is 101 cm³/mol. The molecule has 1 aromatic carbocycles. The Hall–Kier alpha value is -2.71. The molecule has 7 nitrogen and oxygen atoms in total. The summed E-state index contributed by atoms with van der Waals surface area (Å²) in [5.41, 5.74) is 1.01. The molecule has 0 bridgehead atoms. The second-order valence-corrected chi connectivity index (χ2v) is 7.24. The highest BCUT2D eigenvalue weighted by Gasteiger charge is 2.17. The maximum Gasteiger partial charge on any atom is 0.345 e. The van der Waals surface area contributed by atoms with E-state index >= 15 is 0 Å². The topological polar surface area (TPSA) is 81.9 Å². The molecule has 0 unspecified atom stereocenters. The Kier molecular flexibility index (Phi) is 4.91. The first-order valence-electron chi connectivity index (χ1n) is 8.59. The van der Waals surface area contributed by atoms with Crippen molar-refractivity contribution in [3.05, 3.63) is 45.1 Å². The molecule has 0 spiro atoms. The van der Waals surface area contributed by atoms with Gasteiger partial charge in [-0.05, 0) is 25.1 Å². The Labute approximate surface area is 159 Å². The van der Waals surface area contributed by atoms with Gasteiger partial charge < -0.3 is 18.8 Å². The summed E-state index contributed by atoms with van der Waals surface area (Å²) < 4.78 is 16.3. The first kappa shape index (κ1) is 17.7. The minimum atomic E-state index is -0.450. The van der Waals surface area contributed by atoms with Gasteiger partial charge in [-0.15, -0.1) is 11.3 Å². The van der Waals surface area contributed by atoms with Gasteiger partial charge >= 0.3 is 5.63 Å². The smallest absolute Gasteiger partial charge is 0.345 e. The maximum absolute atomic E-state index is 12.3. The van der Waals surface area contributed by atoms with Gasteiger partial charge in [0.05, 0.1) is 29.5 Å². The Morgan fingerprint density at radius 2 is 2.11 bits per heavy atom. The van der Waals surface area contributed by atoms with Crippen molar-refractivity contribution in [1.82, 2.24) is 9.88 Å². The highest BCUT2D eigenvalue weighted by Crippen LogP contribution is 2.25. The van der Waals surface area contributed by atoms with Gasteiger partial charge in [-0.2, -0.15) is 0 Å². The molecule has 1 aliphatic heterocycles. The molecule has 1 amide bonds. The van der Waals surface area contributed by atoms with Crippen LogP contribution in [0.25, 0.3) is 22.2 Å². The lowest BCUT2D eigenvalue weighted by Gasteiger charge is -2.26. The van der Waals surface area contributed by atoms with Crippen LogP contribution in [0.4, 0.5) is 0 Å². The van der Waals surface area contributed by atoms with E-state index in [2.05, 4.69) is 4.98 Å². The van der Waals surface area contributed by atoms with Gasteiger partial charge in [-0.25, -0.2) is 9.78 Å². The first-order valence-corrected chi connectivity index (χ1v) is 9.47. The Bertz CT molecular complexity index is 1040. The average Bonchev–Trinajstić information content (AvgIpc) is 3.12. The van der Waals surface area contributed by atoms with E-state index in [1.165, 1.54) is 11.3 Å². The van der Waals surface area contributed by atoms with Gasteiger partial charge in [-0.3, -0.25) is 4.79 Å². The van der Waals surface area contributed by atoms with Crippen molar-refractivity contribution in [2.24, 2.45) is 0 Å². The van der Waals surface area contributed by atoms with E-state index in [0.29, 0.717) is 48.9 Å². The summed E-state index contributed by atoms with van der Waals surface area (Å²) in [7, 11) is 0. The number of ether oxygens (including phenoxy) is 2. The van der Waals surface area contributed by atoms with E-state index in [-0.39, 0.29) is 12.5 Å². The number of carbonyl (C=O) groups is 1. The molecular formula is C19H18N2O5S. The van der Waals surface area contributed by atoms with Crippen molar-refractivity contribution in [3.63, 3.8) is 0 Å². The van der Waals surface area contributed by atoms with Crippen LogP contribution in [0.5, 0.6) is 5.75 Å². The van der Waals surface area contributed by atoms with Crippen molar-refractivity contribution in [2.75, 3.05) is 32.9 Å². The molecule has 0 atom stereocenters. The van der Waals surface area contributed by atoms with Crippen LogP contribution in [0.2, 0.25) is 0 Å². The number of thiazole rings is 1. The molecule has 1 fully saturated rings. The minimum absolute atomic E-state index is 0.0636. The number of fused-ring (bicyclic) bond motifs is 1. The number of amides is 1. The van der Waals surface area contributed by atoms with Gasteiger partial charge in [0.1, 0.15) is 11.3 Å². The molecular weight excluding hydrogens is 368 g/mol. The molecule has 27 heavy (non-hydrogen) atoms. The highest BCUT2D eigenvalue weighted by molar-refractivity contribution is 7.09. The molecule has 2 aromatic heterocycles. The van der Waals surface area contributed by atoms with Crippen molar-refractivity contribution < 1.29 is 18.7 Å². The van der Waals surface area contributed by atoms with Crippen LogP contribution in [-0.2, 0) is 9.53 Å². The standard InChI is InChI=1S/C19H18N2O5S/c1-12-20-16(11-27-12)15-8-13-2-3-14(9-17(13)26-19(15)23)25-10-18(22)21-4-6-24-7-5-21/h2-3,8-9,11H,4-7,10H2,1H3. The van der Waals surface area contributed by atoms with Gasteiger partial charge in [0, 0.05) is 29.9 Å². The van der Waals surface area contributed by atoms with E-state index in [9.17, 15) is 9.59 Å². The monoisotopic (exact) mass is 386 g/mol. The van der Waals surface area contributed by atoms with Crippen LogP contribution in [0.1, 0.15) is 5.01 Å². The fourth-order valence-electron chi connectivity index (χ4n) is 2.90. The number of rotatable bonds is 4. The van der Waals surface area contributed by atoms with Gasteiger partial charge in [0.25, 0.3) is 5.91 Å². The molecule has 0 aliphatic carbocycles. The fraction of sp³-hybridized carbons (Fsp3) is 0.316. The molecule has 0 saturated carbocycles. The third kappa shape index (κ3) is 3.86. The molecule has 3 aromatic rings. The Balaban J connectivity index is 1.52.